The molecule has 1 aliphatic rings. The van der Waals surface area contributed by atoms with E-state index in [1.54, 1.807) is 24.1 Å². The van der Waals surface area contributed by atoms with Crippen LogP contribution in [0, 0.1) is 0 Å². The maximum absolute atomic E-state index is 12.2. The summed E-state index contributed by atoms with van der Waals surface area (Å²) < 4.78 is 1.42. The largest absolute Gasteiger partial charge is 0.342 e. The summed E-state index contributed by atoms with van der Waals surface area (Å²) in [6.45, 7) is 1.45. The number of aromatic nitrogens is 2. The fourth-order valence-electron chi connectivity index (χ4n) is 2.78. The van der Waals surface area contributed by atoms with E-state index in [1.807, 2.05) is 5.38 Å². The van der Waals surface area contributed by atoms with Gasteiger partial charge in [-0.1, -0.05) is 6.07 Å². The molecule has 138 valence electrons. The Morgan fingerprint density at radius 3 is 2.65 bits per heavy atom. The zero-order valence-electron chi connectivity index (χ0n) is 14.5. The Morgan fingerprint density at radius 1 is 1.19 bits per heavy atom. The minimum atomic E-state index is -0.442. The first-order chi connectivity index (χ1) is 12.5. The van der Waals surface area contributed by atoms with Crippen LogP contribution in [0.4, 0.5) is 5.82 Å². The van der Waals surface area contributed by atoms with Crippen molar-refractivity contribution in [2.75, 3.05) is 25.0 Å². The lowest BCUT2D eigenvalue weighted by Crippen LogP contribution is -2.42. The lowest BCUT2D eigenvalue weighted by Gasteiger charge is -2.26. The molecule has 3 amide bonds. The van der Waals surface area contributed by atoms with Gasteiger partial charge in [-0.3, -0.25) is 19.1 Å². The molecule has 0 radical (unpaired) electrons. The van der Waals surface area contributed by atoms with Crippen molar-refractivity contribution in [3.63, 3.8) is 0 Å². The van der Waals surface area contributed by atoms with Crippen molar-refractivity contribution in [3.8, 4) is 0 Å². The van der Waals surface area contributed by atoms with Crippen LogP contribution in [0.5, 0.6) is 0 Å². The van der Waals surface area contributed by atoms with Crippen LogP contribution in [0.2, 0.25) is 0 Å². The number of carbonyl (C=O) groups excluding carboxylic acids is 3. The van der Waals surface area contributed by atoms with Crippen molar-refractivity contribution in [2.24, 2.45) is 7.05 Å². The van der Waals surface area contributed by atoms with E-state index in [9.17, 15) is 14.4 Å². The highest BCUT2D eigenvalue weighted by molar-refractivity contribution is 7.12. The summed E-state index contributed by atoms with van der Waals surface area (Å²) in [4.78, 5) is 38.8. The van der Waals surface area contributed by atoms with Crippen molar-refractivity contribution in [1.29, 1.82) is 0 Å². The smallest absolute Gasteiger partial charge is 0.272 e. The van der Waals surface area contributed by atoms with E-state index in [1.165, 1.54) is 22.1 Å². The molecule has 1 saturated heterocycles. The molecule has 9 heteroatoms. The third-order valence-electron chi connectivity index (χ3n) is 4.21. The maximum atomic E-state index is 12.2. The minimum Gasteiger partial charge on any atom is -0.342 e. The Bertz CT molecular complexity index is 793. The molecule has 3 rings (SSSR count). The number of thiophene rings is 1. The Kier molecular flexibility index (Phi) is 5.67. The van der Waals surface area contributed by atoms with Crippen molar-refractivity contribution in [1.82, 2.24) is 20.0 Å². The average molecular weight is 375 g/mol. The van der Waals surface area contributed by atoms with Gasteiger partial charge < -0.3 is 15.5 Å². The number of nitrogens with one attached hydrogen (secondary N) is 2. The van der Waals surface area contributed by atoms with Gasteiger partial charge in [0.1, 0.15) is 5.82 Å². The number of hydrogen-bond acceptors (Lipinski definition) is 5. The van der Waals surface area contributed by atoms with Crippen molar-refractivity contribution < 1.29 is 14.4 Å². The Balaban J connectivity index is 1.56. The average Bonchev–Trinajstić information content (AvgIpc) is 3.31. The second-order valence-corrected chi connectivity index (χ2v) is 7.04. The molecule has 8 nitrogen and oxygen atoms in total. The third kappa shape index (κ3) is 4.29. The zero-order valence-corrected chi connectivity index (χ0v) is 15.3. The molecule has 2 aromatic rings. The lowest BCUT2D eigenvalue weighted by atomic mass is 10.1. The maximum Gasteiger partial charge on any atom is 0.272 e. The van der Waals surface area contributed by atoms with Gasteiger partial charge in [0.25, 0.3) is 11.8 Å². The summed E-state index contributed by atoms with van der Waals surface area (Å²) in [5.41, 5.74) is 0.153. The zero-order chi connectivity index (χ0) is 18.5. The van der Waals surface area contributed by atoms with E-state index < -0.39 is 5.91 Å². The number of anilines is 1. The monoisotopic (exact) mass is 375 g/mol. The molecule has 1 aliphatic heterocycles. The fourth-order valence-corrected chi connectivity index (χ4v) is 3.40. The van der Waals surface area contributed by atoms with Crippen molar-refractivity contribution in [3.05, 3.63) is 34.2 Å². The van der Waals surface area contributed by atoms with Gasteiger partial charge in [0.05, 0.1) is 11.4 Å². The number of hydrogen-bond donors (Lipinski definition) is 2. The van der Waals surface area contributed by atoms with Crippen LogP contribution in [0.25, 0.3) is 0 Å². The molecule has 1 fully saturated rings. The molecular weight excluding hydrogens is 354 g/mol. The lowest BCUT2D eigenvalue weighted by molar-refractivity contribution is -0.130. The molecular formula is C17H21N5O3S. The Morgan fingerprint density at radius 2 is 1.96 bits per heavy atom. The van der Waals surface area contributed by atoms with Crippen LogP contribution in [0.3, 0.4) is 0 Å². The third-order valence-corrected chi connectivity index (χ3v) is 5.08. The molecule has 0 spiro atoms. The SMILES string of the molecule is Cn1nc(C(=O)NCC(=O)N2CCCCC2)cc1NC(=O)c1cccs1. The van der Waals surface area contributed by atoms with Gasteiger partial charge in [-0.2, -0.15) is 5.10 Å². The molecule has 3 heterocycles. The van der Waals surface area contributed by atoms with Gasteiger partial charge in [0.15, 0.2) is 5.69 Å². The molecule has 0 aromatic carbocycles. The van der Waals surface area contributed by atoms with Gasteiger partial charge in [0.2, 0.25) is 5.91 Å². The van der Waals surface area contributed by atoms with E-state index in [4.69, 9.17) is 0 Å². The molecule has 0 bridgehead atoms. The first-order valence-electron chi connectivity index (χ1n) is 8.49. The predicted octanol–water partition coefficient (Wildman–Crippen LogP) is 1.48. The summed E-state index contributed by atoms with van der Waals surface area (Å²) in [5.74, 6) is -0.367. The highest BCUT2D eigenvalue weighted by atomic mass is 32.1. The molecule has 0 atom stereocenters. The van der Waals surface area contributed by atoms with Crippen LogP contribution in [-0.2, 0) is 11.8 Å². The van der Waals surface area contributed by atoms with Crippen LogP contribution < -0.4 is 10.6 Å². The highest BCUT2D eigenvalue weighted by Crippen LogP contribution is 2.14. The summed E-state index contributed by atoms with van der Waals surface area (Å²) >= 11 is 1.33. The number of nitrogens with zero attached hydrogens (tertiary/aromatic N) is 3. The summed E-state index contributed by atoms with van der Waals surface area (Å²) in [7, 11) is 1.64. The van der Waals surface area contributed by atoms with Crippen molar-refractivity contribution >= 4 is 34.9 Å². The summed E-state index contributed by atoms with van der Waals surface area (Å²) in [6, 6.07) is 5.00. The first kappa shape index (κ1) is 18.1. The second-order valence-electron chi connectivity index (χ2n) is 6.09. The topological polar surface area (TPSA) is 96.3 Å². The van der Waals surface area contributed by atoms with Crippen LogP contribution in [0.1, 0.15) is 39.4 Å². The molecule has 0 aliphatic carbocycles. The van der Waals surface area contributed by atoms with E-state index in [0.29, 0.717) is 10.7 Å². The fraction of sp³-hybridized carbons (Fsp3) is 0.412. The van der Waals surface area contributed by atoms with E-state index >= 15 is 0 Å². The molecule has 0 unspecified atom stereocenters. The minimum absolute atomic E-state index is 0.0493. The van der Waals surface area contributed by atoms with Gasteiger partial charge in [-0.05, 0) is 30.7 Å². The number of aryl methyl sites for hydroxylation is 1. The Labute approximate surface area is 155 Å². The molecule has 26 heavy (non-hydrogen) atoms. The Hall–Kier alpha value is -2.68. The van der Waals surface area contributed by atoms with Crippen LogP contribution in [-0.4, -0.2) is 52.0 Å². The quantitative estimate of drug-likeness (QED) is 0.827. The number of rotatable bonds is 5. The van der Waals surface area contributed by atoms with Gasteiger partial charge in [0, 0.05) is 26.2 Å². The van der Waals surface area contributed by atoms with Gasteiger partial charge >= 0.3 is 0 Å². The standard InChI is InChI=1S/C17H21N5O3S/c1-21-14(19-17(25)13-6-5-9-26-13)10-12(20-21)16(24)18-11-15(23)22-7-3-2-4-8-22/h5-6,9-10H,2-4,7-8,11H2,1H3,(H,18,24)(H,19,25). The van der Waals surface area contributed by atoms with Crippen LogP contribution >= 0.6 is 11.3 Å². The number of piperidine rings is 1. The first-order valence-corrected chi connectivity index (χ1v) is 9.37. The number of amides is 3. The molecule has 2 N–H and O–H groups in total. The normalized spacial score (nSPS) is 14.1. The van der Waals surface area contributed by atoms with E-state index in [2.05, 4.69) is 15.7 Å². The van der Waals surface area contributed by atoms with Crippen molar-refractivity contribution in [2.45, 2.75) is 19.3 Å². The van der Waals surface area contributed by atoms with Crippen LogP contribution in [0.15, 0.2) is 23.6 Å². The molecule has 0 saturated carbocycles. The number of likely N-dealkylation sites (tertiary alicyclic amines) is 1. The molecule has 2 aromatic heterocycles. The number of carbonyl (C=O) groups is 3. The van der Waals surface area contributed by atoms with Gasteiger partial charge in [-0.15, -0.1) is 11.3 Å². The summed E-state index contributed by atoms with van der Waals surface area (Å²) in [5, 5.41) is 11.2. The van der Waals surface area contributed by atoms with E-state index in [0.717, 1.165) is 32.4 Å². The predicted molar refractivity (Wildman–Crippen MR) is 98.2 cm³/mol. The summed E-state index contributed by atoms with van der Waals surface area (Å²) in [6.07, 6.45) is 3.16. The van der Waals surface area contributed by atoms with Gasteiger partial charge in [-0.25, -0.2) is 0 Å². The highest BCUT2D eigenvalue weighted by Gasteiger charge is 2.19. The van der Waals surface area contributed by atoms with E-state index in [-0.39, 0.29) is 24.1 Å². The second kappa shape index (κ2) is 8.13.